The standard InChI is InChI=1S/C26H26ClFN4O3/c1-17(2)30-26(35)25(18-10-12-19(27)13-11-18)32(21-8-4-3-7-20(21)28)24(34)15-14-23(33)31-22-9-5-6-16-29-22/h3-13,16-17,25H,14-15H2,1-2H3,(H,30,35)(H,29,31,33). The lowest BCUT2D eigenvalue weighted by Gasteiger charge is -2.32. The van der Waals surface area contributed by atoms with Crippen molar-refractivity contribution in [1.29, 1.82) is 0 Å². The minimum absolute atomic E-state index is 0.0681. The van der Waals surface area contributed by atoms with E-state index in [4.69, 9.17) is 11.6 Å². The van der Waals surface area contributed by atoms with Gasteiger partial charge >= 0.3 is 0 Å². The van der Waals surface area contributed by atoms with Gasteiger partial charge in [-0.05, 0) is 55.8 Å². The van der Waals surface area contributed by atoms with Gasteiger partial charge in [0.2, 0.25) is 17.7 Å². The van der Waals surface area contributed by atoms with Gasteiger partial charge in [-0.3, -0.25) is 19.3 Å². The largest absolute Gasteiger partial charge is 0.352 e. The van der Waals surface area contributed by atoms with Gasteiger partial charge in [0.25, 0.3) is 0 Å². The van der Waals surface area contributed by atoms with Crippen molar-refractivity contribution in [3.05, 3.63) is 89.3 Å². The highest BCUT2D eigenvalue weighted by Crippen LogP contribution is 2.31. The van der Waals surface area contributed by atoms with Crippen LogP contribution in [0.4, 0.5) is 15.9 Å². The maximum Gasteiger partial charge on any atom is 0.248 e. The summed E-state index contributed by atoms with van der Waals surface area (Å²) in [6, 6.07) is 15.8. The Balaban J connectivity index is 1.94. The summed E-state index contributed by atoms with van der Waals surface area (Å²) in [5.41, 5.74) is 0.378. The molecule has 1 aromatic heterocycles. The predicted octanol–water partition coefficient (Wildman–Crippen LogP) is 4.89. The summed E-state index contributed by atoms with van der Waals surface area (Å²) in [7, 11) is 0. The van der Waals surface area contributed by atoms with Crippen LogP contribution in [0.15, 0.2) is 72.9 Å². The molecule has 7 nitrogen and oxygen atoms in total. The topological polar surface area (TPSA) is 91.4 Å². The zero-order chi connectivity index (χ0) is 25.4. The number of benzene rings is 2. The molecule has 0 aliphatic heterocycles. The Morgan fingerprint density at radius 2 is 1.66 bits per heavy atom. The third kappa shape index (κ3) is 7.10. The van der Waals surface area contributed by atoms with E-state index < -0.39 is 29.6 Å². The predicted molar refractivity (Wildman–Crippen MR) is 133 cm³/mol. The van der Waals surface area contributed by atoms with Crippen LogP contribution in [0, 0.1) is 5.82 Å². The van der Waals surface area contributed by atoms with Gasteiger partial charge in [0.1, 0.15) is 17.7 Å². The quantitative estimate of drug-likeness (QED) is 0.441. The van der Waals surface area contributed by atoms with Gasteiger partial charge in [-0.25, -0.2) is 9.37 Å². The summed E-state index contributed by atoms with van der Waals surface area (Å²) in [6.07, 6.45) is 1.09. The van der Waals surface area contributed by atoms with E-state index in [1.807, 2.05) is 0 Å². The molecule has 0 aliphatic carbocycles. The van der Waals surface area contributed by atoms with Crippen molar-refractivity contribution in [2.45, 2.75) is 38.8 Å². The number of nitrogens with zero attached hydrogens (tertiary/aromatic N) is 2. The van der Waals surface area contributed by atoms with E-state index in [0.717, 1.165) is 4.90 Å². The normalized spacial score (nSPS) is 11.6. The highest BCUT2D eigenvalue weighted by Gasteiger charge is 2.34. The first-order valence-corrected chi connectivity index (χ1v) is 11.5. The average Bonchev–Trinajstić information content (AvgIpc) is 2.82. The van der Waals surface area contributed by atoms with Gasteiger partial charge in [0, 0.05) is 30.1 Å². The number of hydrogen-bond donors (Lipinski definition) is 2. The first-order chi connectivity index (χ1) is 16.8. The third-order valence-electron chi connectivity index (χ3n) is 5.00. The Labute approximate surface area is 208 Å². The Bertz CT molecular complexity index is 1170. The highest BCUT2D eigenvalue weighted by atomic mass is 35.5. The lowest BCUT2D eigenvalue weighted by molar-refractivity contribution is -0.127. The molecule has 0 bridgehead atoms. The number of hydrogen-bond acceptors (Lipinski definition) is 4. The zero-order valence-electron chi connectivity index (χ0n) is 19.4. The fourth-order valence-electron chi connectivity index (χ4n) is 3.47. The highest BCUT2D eigenvalue weighted by molar-refractivity contribution is 6.30. The van der Waals surface area contributed by atoms with E-state index in [1.54, 1.807) is 62.4 Å². The fourth-order valence-corrected chi connectivity index (χ4v) is 3.60. The molecule has 0 saturated heterocycles. The molecule has 3 aromatic rings. The first-order valence-electron chi connectivity index (χ1n) is 11.1. The summed E-state index contributed by atoms with van der Waals surface area (Å²) in [5.74, 6) is -1.83. The van der Waals surface area contributed by atoms with Crippen molar-refractivity contribution < 1.29 is 18.8 Å². The lowest BCUT2D eigenvalue weighted by atomic mass is 10.0. The molecule has 182 valence electrons. The maximum atomic E-state index is 14.9. The van der Waals surface area contributed by atoms with Crippen LogP contribution in [0.2, 0.25) is 5.02 Å². The Morgan fingerprint density at radius 3 is 2.29 bits per heavy atom. The van der Waals surface area contributed by atoms with E-state index in [-0.39, 0.29) is 24.6 Å². The molecule has 35 heavy (non-hydrogen) atoms. The van der Waals surface area contributed by atoms with Crippen molar-refractivity contribution >= 4 is 40.8 Å². The molecule has 0 radical (unpaired) electrons. The van der Waals surface area contributed by atoms with Gasteiger partial charge < -0.3 is 10.6 Å². The average molecular weight is 497 g/mol. The smallest absolute Gasteiger partial charge is 0.248 e. The van der Waals surface area contributed by atoms with Gasteiger partial charge in [0.05, 0.1) is 5.69 Å². The second-order valence-corrected chi connectivity index (χ2v) is 8.53. The summed E-state index contributed by atoms with van der Waals surface area (Å²) in [4.78, 5) is 44.3. The van der Waals surface area contributed by atoms with Crippen LogP contribution in [0.3, 0.4) is 0 Å². The number of para-hydroxylation sites is 1. The summed E-state index contributed by atoms with van der Waals surface area (Å²) in [5, 5.41) is 5.87. The van der Waals surface area contributed by atoms with Crippen LogP contribution in [-0.2, 0) is 14.4 Å². The van der Waals surface area contributed by atoms with Gasteiger partial charge in [0.15, 0.2) is 0 Å². The van der Waals surface area contributed by atoms with Gasteiger partial charge in [-0.15, -0.1) is 0 Å². The molecular weight excluding hydrogens is 471 g/mol. The molecule has 1 heterocycles. The maximum absolute atomic E-state index is 14.9. The molecule has 2 aromatic carbocycles. The molecule has 0 saturated carbocycles. The Morgan fingerprint density at radius 1 is 0.971 bits per heavy atom. The van der Waals surface area contributed by atoms with Crippen LogP contribution < -0.4 is 15.5 Å². The number of rotatable bonds is 9. The monoisotopic (exact) mass is 496 g/mol. The molecule has 3 amide bonds. The number of pyridine rings is 1. The second kappa shape index (κ2) is 12.1. The molecule has 1 atom stereocenters. The van der Waals surface area contributed by atoms with Gasteiger partial charge in [-0.1, -0.05) is 41.9 Å². The number of carbonyl (C=O) groups excluding carboxylic acids is 3. The molecule has 0 spiro atoms. The molecular formula is C26H26ClFN4O3. The third-order valence-corrected chi connectivity index (χ3v) is 5.25. The second-order valence-electron chi connectivity index (χ2n) is 8.10. The molecule has 0 aliphatic rings. The Hall–Kier alpha value is -3.78. The summed E-state index contributed by atoms with van der Waals surface area (Å²) in [6.45, 7) is 3.57. The Kier molecular flexibility index (Phi) is 8.92. The fraction of sp³-hybridized carbons (Fsp3) is 0.231. The van der Waals surface area contributed by atoms with Crippen LogP contribution >= 0.6 is 11.6 Å². The van der Waals surface area contributed by atoms with E-state index in [0.29, 0.717) is 16.4 Å². The molecule has 1 unspecified atom stereocenters. The number of halogens is 2. The SMILES string of the molecule is CC(C)NC(=O)C(c1ccc(Cl)cc1)N(C(=O)CCC(=O)Nc1ccccn1)c1ccccc1F. The number of nitrogens with one attached hydrogen (secondary N) is 2. The summed E-state index contributed by atoms with van der Waals surface area (Å²) < 4.78 is 14.9. The van der Waals surface area contributed by atoms with Crippen molar-refractivity contribution in [3.63, 3.8) is 0 Å². The minimum atomic E-state index is -1.18. The number of carbonyl (C=O) groups is 3. The number of amides is 3. The summed E-state index contributed by atoms with van der Waals surface area (Å²) >= 11 is 6.03. The molecule has 3 rings (SSSR count). The van der Waals surface area contributed by atoms with Crippen molar-refractivity contribution in [2.24, 2.45) is 0 Å². The van der Waals surface area contributed by atoms with Gasteiger partial charge in [-0.2, -0.15) is 0 Å². The van der Waals surface area contributed by atoms with Crippen molar-refractivity contribution in [3.8, 4) is 0 Å². The van der Waals surface area contributed by atoms with E-state index in [9.17, 15) is 18.8 Å². The lowest BCUT2D eigenvalue weighted by Crippen LogP contribution is -2.46. The van der Waals surface area contributed by atoms with E-state index in [1.165, 1.54) is 24.4 Å². The van der Waals surface area contributed by atoms with Crippen molar-refractivity contribution in [1.82, 2.24) is 10.3 Å². The van der Waals surface area contributed by atoms with Crippen LogP contribution in [-0.4, -0.2) is 28.7 Å². The molecule has 0 fully saturated rings. The zero-order valence-corrected chi connectivity index (χ0v) is 20.1. The van der Waals surface area contributed by atoms with Crippen molar-refractivity contribution in [2.75, 3.05) is 10.2 Å². The van der Waals surface area contributed by atoms with Crippen LogP contribution in [0.1, 0.15) is 38.3 Å². The van der Waals surface area contributed by atoms with E-state index in [2.05, 4.69) is 15.6 Å². The minimum Gasteiger partial charge on any atom is -0.352 e. The first kappa shape index (κ1) is 25.8. The van der Waals surface area contributed by atoms with Crippen LogP contribution in [0.5, 0.6) is 0 Å². The van der Waals surface area contributed by atoms with Crippen LogP contribution in [0.25, 0.3) is 0 Å². The molecule has 2 N–H and O–H groups in total. The van der Waals surface area contributed by atoms with E-state index >= 15 is 0 Å². The number of anilines is 2. The molecule has 9 heteroatoms. The number of aromatic nitrogens is 1.